The monoisotopic (exact) mass is 362 g/mol. The molecule has 0 saturated heterocycles. The summed E-state index contributed by atoms with van der Waals surface area (Å²) < 4.78 is 2.86. The second-order valence-electron chi connectivity index (χ2n) is 5.69. The van der Waals surface area contributed by atoms with Gasteiger partial charge in [0.25, 0.3) is 0 Å². The molecular formula is C16H19BrN4O. The first kappa shape index (κ1) is 15.1. The van der Waals surface area contributed by atoms with Crippen molar-refractivity contribution in [2.24, 2.45) is 7.05 Å². The Bertz CT molecular complexity index is 697. The molecule has 2 atom stereocenters. The molecule has 2 amide bonds. The Balaban J connectivity index is 1.63. The molecule has 0 bridgehead atoms. The summed E-state index contributed by atoms with van der Waals surface area (Å²) in [6, 6.07) is 6.01. The van der Waals surface area contributed by atoms with Gasteiger partial charge in [-0.05, 0) is 37.0 Å². The lowest BCUT2D eigenvalue weighted by atomic mass is 10.1. The zero-order valence-corrected chi connectivity index (χ0v) is 14.2. The minimum atomic E-state index is -0.144. The highest BCUT2D eigenvalue weighted by molar-refractivity contribution is 9.10. The van der Waals surface area contributed by atoms with Gasteiger partial charge in [-0.3, -0.25) is 4.68 Å². The number of hydrogen-bond donors (Lipinski definition) is 2. The van der Waals surface area contributed by atoms with Gasteiger partial charge in [-0.1, -0.05) is 28.1 Å². The van der Waals surface area contributed by atoms with E-state index in [4.69, 9.17) is 0 Å². The predicted octanol–water partition coefficient (Wildman–Crippen LogP) is 3.23. The topological polar surface area (TPSA) is 59.0 Å². The number of rotatable bonds is 3. The van der Waals surface area contributed by atoms with Crippen molar-refractivity contribution in [3.8, 4) is 0 Å². The highest BCUT2D eigenvalue weighted by Gasteiger charge is 2.25. The van der Waals surface area contributed by atoms with Gasteiger partial charge in [0.1, 0.15) is 0 Å². The van der Waals surface area contributed by atoms with E-state index < -0.39 is 0 Å². The van der Waals surface area contributed by atoms with Crippen molar-refractivity contribution in [3.63, 3.8) is 0 Å². The summed E-state index contributed by atoms with van der Waals surface area (Å²) in [6.07, 6.45) is 5.60. The Hall–Kier alpha value is -1.82. The van der Waals surface area contributed by atoms with Gasteiger partial charge in [-0.25, -0.2) is 4.79 Å². The second kappa shape index (κ2) is 6.12. The Morgan fingerprint density at radius 1 is 1.50 bits per heavy atom. The molecule has 6 heteroatoms. The summed E-state index contributed by atoms with van der Waals surface area (Å²) in [5.74, 6) is 0. The molecule has 2 N–H and O–H groups in total. The van der Waals surface area contributed by atoms with E-state index in [1.165, 1.54) is 11.1 Å². The molecule has 0 radical (unpaired) electrons. The maximum absolute atomic E-state index is 12.2. The molecule has 1 aliphatic rings. The van der Waals surface area contributed by atoms with E-state index in [0.29, 0.717) is 0 Å². The van der Waals surface area contributed by atoms with Gasteiger partial charge >= 0.3 is 6.03 Å². The van der Waals surface area contributed by atoms with Crippen LogP contribution in [0, 0.1) is 0 Å². The molecule has 5 nitrogen and oxygen atoms in total. The standard InChI is InChI=1S/C16H19BrN4O/c1-10(11-8-18-21(2)9-11)19-16(22)20-15-7-6-12-13(15)4-3-5-14(12)17/h3-5,8-10,15H,6-7H2,1-2H3,(H2,19,20,22). The summed E-state index contributed by atoms with van der Waals surface area (Å²) in [7, 11) is 1.86. The van der Waals surface area contributed by atoms with E-state index in [-0.39, 0.29) is 18.1 Å². The van der Waals surface area contributed by atoms with Crippen LogP contribution in [0.5, 0.6) is 0 Å². The number of nitrogens with zero attached hydrogens (tertiary/aromatic N) is 2. The number of nitrogens with one attached hydrogen (secondary N) is 2. The van der Waals surface area contributed by atoms with Crippen LogP contribution in [0.15, 0.2) is 35.1 Å². The van der Waals surface area contributed by atoms with Crippen molar-refractivity contribution in [3.05, 3.63) is 51.8 Å². The largest absolute Gasteiger partial charge is 0.332 e. The SMILES string of the molecule is CC(NC(=O)NC1CCc2c(Br)cccc21)c1cnn(C)c1. The van der Waals surface area contributed by atoms with Gasteiger partial charge in [0, 0.05) is 23.3 Å². The third kappa shape index (κ3) is 3.02. The molecule has 1 heterocycles. The van der Waals surface area contributed by atoms with Gasteiger partial charge in [-0.15, -0.1) is 0 Å². The first-order chi connectivity index (χ1) is 10.5. The average molecular weight is 363 g/mol. The molecule has 22 heavy (non-hydrogen) atoms. The van der Waals surface area contributed by atoms with Crippen LogP contribution in [-0.4, -0.2) is 15.8 Å². The molecule has 1 aromatic heterocycles. The number of aromatic nitrogens is 2. The third-order valence-electron chi connectivity index (χ3n) is 4.09. The van der Waals surface area contributed by atoms with E-state index in [1.807, 2.05) is 32.3 Å². The van der Waals surface area contributed by atoms with Crippen molar-refractivity contribution in [2.45, 2.75) is 31.8 Å². The van der Waals surface area contributed by atoms with Crippen LogP contribution in [0.1, 0.15) is 42.1 Å². The summed E-state index contributed by atoms with van der Waals surface area (Å²) >= 11 is 3.58. The zero-order valence-electron chi connectivity index (χ0n) is 12.6. The Kier molecular flexibility index (Phi) is 4.20. The van der Waals surface area contributed by atoms with Crippen LogP contribution in [-0.2, 0) is 13.5 Å². The van der Waals surface area contributed by atoms with Crippen LogP contribution in [0.25, 0.3) is 0 Å². The molecule has 0 saturated carbocycles. The minimum absolute atomic E-state index is 0.0721. The fraction of sp³-hybridized carbons (Fsp3) is 0.375. The molecule has 0 fully saturated rings. The predicted molar refractivity (Wildman–Crippen MR) is 88.5 cm³/mol. The van der Waals surface area contributed by atoms with E-state index in [1.54, 1.807) is 10.9 Å². The molecular weight excluding hydrogens is 344 g/mol. The number of amides is 2. The average Bonchev–Trinajstić information content (AvgIpc) is 3.07. The summed E-state index contributed by atoms with van der Waals surface area (Å²) in [5.41, 5.74) is 3.50. The molecule has 1 aliphatic carbocycles. The van der Waals surface area contributed by atoms with Crippen LogP contribution >= 0.6 is 15.9 Å². The van der Waals surface area contributed by atoms with Crippen molar-refractivity contribution in [1.82, 2.24) is 20.4 Å². The highest BCUT2D eigenvalue weighted by Crippen LogP contribution is 2.35. The van der Waals surface area contributed by atoms with E-state index in [9.17, 15) is 4.79 Å². The minimum Gasteiger partial charge on any atom is -0.332 e. The first-order valence-electron chi connectivity index (χ1n) is 7.37. The number of carbonyl (C=O) groups is 1. The first-order valence-corrected chi connectivity index (χ1v) is 8.16. The number of fused-ring (bicyclic) bond motifs is 1. The molecule has 116 valence electrons. The molecule has 3 rings (SSSR count). The molecule has 0 aliphatic heterocycles. The normalized spacial score (nSPS) is 17.9. The number of benzene rings is 1. The van der Waals surface area contributed by atoms with Crippen LogP contribution < -0.4 is 10.6 Å². The maximum atomic E-state index is 12.2. The zero-order chi connectivity index (χ0) is 15.7. The second-order valence-corrected chi connectivity index (χ2v) is 6.54. The number of urea groups is 1. The van der Waals surface area contributed by atoms with Gasteiger partial charge in [0.15, 0.2) is 0 Å². The third-order valence-corrected chi connectivity index (χ3v) is 4.83. The smallest absolute Gasteiger partial charge is 0.315 e. The van der Waals surface area contributed by atoms with E-state index in [2.05, 4.69) is 37.7 Å². The summed E-state index contributed by atoms with van der Waals surface area (Å²) in [6.45, 7) is 1.95. The van der Waals surface area contributed by atoms with Crippen LogP contribution in [0.2, 0.25) is 0 Å². The molecule has 2 unspecified atom stereocenters. The Morgan fingerprint density at radius 3 is 3.05 bits per heavy atom. The van der Waals surface area contributed by atoms with Crippen molar-refractivity contribution in [1.29, 1.82) is 0 Å². The van der Waals surface area contributed by atoms with Crippen molar-refractivity contribution >= 4 is 22.0 Å². The van der Waals surface area contributed by atoms with Crippen molar-refractivity contribution < 1.29 is 4.79 Å². The lowest BCUT2D eigenvalue weighted by Gasteiger charge is -2.18. The Morgan fingerprint density at radius 2 is 2.32 bits per heavy atom. The number of halogens is 1. The lowest BCUT2D eigenvalue weighted by Crippen LogP contribution is -2.38. The van der Waals surface area contributed by atoms with Gasteiger partial charge in [0.2, 0.25) is 0 Å². The van der Waals surface area contributed by atoms with E-state index in [0.717, 1.165) is 22.9 Å². The number of aryl methyl sites for hydroxylation is 1. The molecule has 2 aromatic rings. The van der Waals surface area contributed by atoms with Crippen molar-refractivity contribution in [2.75, 3.05) is 0 Å². The highest BCUT2D eigenvalue weighted by atomic mass is 79.9. The quantitative estimate of drug-likeness (QED) is 0.880. The fourth-order valence-electron chi connectivity index (χ4n) is 2.90. The summed E-state index contributed by atoms with van der Waals surface area (Å²) in [4.78, 5) is 12.2. The Labute approximate surface area is 138 Å². The van der Waals surface area contributed by atoms with Gasteiger partial charge in [0.05, 0.1) is 18.3 Å². The number of hydrogen-bond acceptors (Lipinski definition) is 2. The van der Waals surface area contributed by atoms with E-state index >= 15 is 0 Å². The van der Waals surface area contributed by atoms with Gasteiger partial charge < -0.3 is 10.6 Å². The lowest BCUT2D eigenvalue weighted by molar-refractivity contribution is 0.234. The molecule has 1 aromatic carbocycles. The van der Waals surface area contributed by atoms with Gasteiger partial charge in [-0.2, -0.15) is 5.10 Å². The number of carbonyl (C=O) groups excluding carboxylic acids is 1. The van der Waals surface area contributed by atoms with Crippen LogP contribution in [0.3, 0.4) is 0 Å². The maximum Gasteiger partial charge on any atom is 0.315 e. The molecule has 0 spiro atoms. The van der Waals surface area contributed by atoms with Crippen LogP contribution in [0.4, 0.5) is 4.79 Å². The fourth-order valence-corrected chi connectivity index (χ4v) is 3.48. The summed E-state index contributed by atoms with van der Waals surface area (Å²) in [5, 5.41) is 10.2.